The predicted octanol–water partition coefficient (Wildman–Crippen LogP) is 5.79. The average molecular weight is 528 g/mol. The summed E-state index contributed by atoms with van der Waals surface area (Å²) in [6.07, 6.45) is 1.78. The Morgan fingerprint density at radius 2 is 1.86 bits per heavy atom. The number of nitrogens with zero attached hydrogens (tertiary/aromatic N) is 1. The maximum atomic E-state index is 14.7. The quantitative estimate of drug-likeness (QED) is 0.262. The predicted molar refractivity (Wildman–Crippen MR) is 149 cm³/mol. The first kappa shape index (κ1) is 28.1. The van der Waals surface area contributed by atoms with Crippen molar-refractivity contribution in [2.45, 2.75) is 46.6 Å². The molecule has 1 heterocycles. The monoisotopic (exact) mass is 527 g/mol. The van der Waals surface area contributed by atoms with Crippen LogP contribution < -0.4 is 30.4 Å². The summed E-state index contributed by atoms with van der Waals surface area (Å²) in [5.41, 5.74) is 1.72. The fourth-order valence-corrected chi connectivity index (χ4v) is 3.93. The van der Waals surface area contributed by atoms with Crippen LogP contribution in [0.4, 0.5) is 21.6 Å². The Bertz CT molecular complexity index is 1320. The fourth-order valence-electron chi connectivity index (χ4n) is 3.58. The molecule has 2 aromatic carbocycles. The number of nitrogens with one attached hydrogen (secondary N) is 4. The number of hydrogen-bond acceptors (Lipinski definition) is 7. The smallest absolute Gasteiger partial charge is 0.259 e. The van der Waals surface area contributed by atoms with Gasteiger partial charge in [0.05, 0.1) is 11.3 Å². The standard InChI is InChI=1S/C25H28FN5O3S.C2H6/c1-14-8-11-20(19(26)12-14)29-23-21(24(32)28-16-9-10-16)22(15(2)25(33)31(23)4)34-18-7-5-6-17(13-18)30-35-27-3;1-2/h5-8,11-13,16,27,29-30H,9-10H2,1-4H3,(H,28,32);1-2H3. The molecule has 0 radical (unpaired) electrons. The molecule has 3 aromatic rings. The molecule has 10 heteroatoms. The highest BCUT2D eigenvalue weighted by atomic mass is 32.2. The third-order valence-corrected chi connectivity index (χ3v) is 6.15. The van der Waals surface area contributed by atoms with Gasteiger partial charge >= 0.3 is 0 Å². The van der Waals surface area contributed by atoms with E-state index in [4.69, 9.17) is 4.74 Å². The molecule has 0 saturated heterocycles. The van der Waals surface area contributed by atoms with E-state index < -0.39 is 11.7 Å². The van der Waals surface area contributed by atoms with Crippen molar-refractivity contribution in [3.8, 4) is 11.5 Å². The van der Waals surface area contributed by atoms with Crippen molar-refractivity contribution in [1.82, 2.24) is 14.6 Å². The SMILES string of the molecule is CC.CNSNc1cccc(Oc2c(C(=O)NC3CC3)c(Nc3ccc(C)cc3F)n(C)c(=O)c2C)c1. The van der Waals surface area contributed by atoms with Crippen molar-refractivity contribution in [1.29, 1.82) is 0 Å². The number of amides is 1. The van der Waals surface area contributed by atoms with Crippen LogP contribution in [0.15, 0.2) is 47.3 Å². The van der Waals surface area contributed by atoms with E-state index in [9.17, 15) is 14.0 Å². The lowest BCUT2D eigenvalue weighted by molar-refractivity contribution is 0.0948. The highest BCUT2D eigenvalue weighted by Crippen LogP contribution is 2.35. The first-order chi connectivity index (χ1) is 17.8. The first-order valence-corrected chi connectivity index (χ1v) is 13.0. The van der Waals surface area contributed by atoms with Gasteiger partial charge in [-0.2, -0.15) is 0 Å². The van der Waals surface area contributed by atoms with Crippen LogP contribution in [-0.4, -0.2) is 23.6 Å². The van der Waals surface area contributed by atoms with Gasteiger partial charge in [-0.25, -0.2) is 9.11 Å². The molecule has 0 bridgehead atoms. The maximum Gasteiger partial charge on any atom is 0.259 e. The highest BCUT2D eigenvalue weighted by molar-refractivity contribution is 7.98. The second-order valence-electron chi connectivity index (χ2n) is 8.44. The van der Waals surface area contributed by atoms with E-state index in [0.717, 1.165) is 24.1 Å². The van der Waals surface area contributed by atoms with E-state index >= 15 is 0 Å². The summed E-state index contributed by atoms with van der Waals surface area (Å²) < 4.78 is 28.2. The zero-order chi connectivity index (χ0) is 27.1. The number of hydrogen-bond donors (Lipinski definition) is 4. The van der Waals surface area contributed by atoms with Gasteiger partial charge in [0.15, 0.2) is 5.75 Å². The lowest BCUT2D eigenvalue weighted by Gasteiger charge is -2.21. The number of benzene rings is 2. The molecule has 0 aliphatic heterocycles. The Hall–Kier alpha value is -3.50. The Balaban J connectivity index is 0.00000186. The molecule has 0 unspecified atom stereocenters. The van der Waals surface area contributed by atoms with E-state index in [2.05, 4.69) is 20.1 Å². The molecule has 4 rings (SSSR count). The van der Waals surface area contributed by atoms with Crippen LogP contribution in [0.3, 0.4) is 0 Å². The molecule has 8 nitrogen and oxygen atoms in total. The van der Waals surface area contributed by atoms with E-state index in [1.54, 1.807) is 58.3 Å². The van der Waals surface area contributed by atoms with E-state index in [0.29, 0.717) is 5.75 Å². The number of carbonyl (C=O) groups excluding carboxylic acids is 1. The number of halogens is 1. The van der Waals surface area contributed by atoms with Crippen LogP contribution in [-0.2, 0) is 7.05 Å². The van der Waals surface area contributed by atoms with Crippen molar-refractivity contribution in [3.05, 3.63) is 75.3 Å². The zero-order valence-corrected chi connectivity index (χ0v) is 22.8. The minimum Gasteiger partial charge on any atom is -0.456 e. The van der Waals surface area contributed by atoms with Gasteiger partial charge in [0.2, 0.25) is 0 Å². The van der Waals surface area contributed by atoms with Crippen LogP contribution >= 0.6 is 12.1 Å². The summed E-state index contributed by atoms with van der Waals surface area (Å²) in [4.78, 5) is 26.6. The van der Waals surface area contributed by atoms with Gasteiger partial charge in [0.1, 0.15) is 22.9 Å². The fraction of sp³-hybridized carbons (Fsp3) is 0.333. The Morgan fingerprint density at radius 3 is 2.51 bits per heavy atom. The normalized spacial score (nSPS) is 12.3. The summed E-state index contributed by atoms with van der Waals surface area (Å²) >= 11 is 1.29. The minimum atomic E-state index is -0.491. The molecular formula is C27H34FN5O3S. The second kappa shape index (κ2) is 12.6. The van der Waals surface area contributed by atoms with Crippen LogP contribution in [0.1, 0.15) is 48.2 Å². The summed E-state index contributed by atoms with van der Waals surface area (Å²) in [5.74, 6) is -0.168. The Labute approximate surface area is 221 Å². The van der Waals surface area contributed by atoms with Crippen molar-refractivity contribution >= 4 is 35.2 Å². The molecule has 1 aliphatic carbocycles. The number of ether oxygens (including phenoxy) is 1. The van der Waals surface area contributed by atoms with Gasteiger partial charge in [-0.15, -0.1) is 0 Å². The number of carbonyl (C=O) groups is 1. The third-order valence-electron chi connectivity index (χ3n) is 5.61. The largest absolute Gasteiger partial charge is 0.456 e. The van der Waals surface area contributed by atoms with Crippen LogP contribution in [0.25, 0.3) is 0 Å². The van der Waals surface area contributed by atoms with Gasteiger partial charge in [-0.3, -0.25) is 14.2 Å². The zero-order valence-electron chi connectivity index (χ0n) is 22.0. The van der Waals surface area contributed by atoms with Gasteiger partial charge in [-0.05, 0) is 63.6 Å². The summed E-state index contributed by atoms with van der Waals surface area (Å²) in [6.45, 7) is 7.40. The van der Waals surface area contributed by atoms with E-state index in [1.807, 2.05) is 19.9 Å². The van der Waals surface area contributed by atoms with Gasteiger partial charge in [0, 0.05) is 37.0 Å². The molecule has 1 amide bonds. The van der Waals surface area contributed by atoms with Crippen LogP contribution in [0.5, 0.6) is 11.5 Å². The molecular weight excluding hydrogens is 493 g/mol. The summed E-state index contributed by atoms with van der Waals surface area (Å²) in [7, 11) is 3.33. The van der Waals surface area contributed by atoms with Crippen LogP contribution in [0.2, 0.25) is 0 Å². The molecule has 1 saturated carbocycles. The minimum absolute atomic E-state index is 0.0722. The molecule has 4 N–H and O–H groups in total. The molecule has 1 aromatic heterocycles. The lowest BCUT2D eigenvalue weighted by atomic mass is 10.1. The van der Waals surface area contributed by atoms with Gasteiger partial charge in [-0.1, -0.05) is 26.0 Å². The van der Waals surface area contributed by atoms with Crippen molar-refractivity contribution in [2.24, 2.45) is 7.05 Å². The van der Waals surface area contributed by atoms with E-state index in [-0.39, 0.29) is 40.0 Å². The number of aromatic nitrogens is 1. The van der Waals surface area contributed by atoms with Crippen molar-refractivity contribution in [2.75, 3.05) is 17.1 Å². The molecule has 198 valence electrons. The Kier molecular flexibility index (Phi) is 9.60. The molecule has 37 heavy (non-hydrogen) atoms. The Morgan fingerprint density at radius 1 is 1.14 bits per heavy atom. The maximum absolute atomic E-state index is 14.7. The number of rotatable bonds is 9. The van der Waals surface area contributed by atoms with Gasteiger partial charge < -0.3 is 20.1 Å². The molecule has 0 atom stereocenters. The molecule has 1 aliphatic rings. The highest BCUT2D eigenvalue weighted by Gasteiger charge is 2.30. The van der Waals surface area contributed by atoms with Crippen molar-refractivity contribution < 1.29 is 13.9 Å². The van der Waals surface area contributed by atoms with Crippen molar-refractivity contribution in [3.63, 3.8) is 0 Å². The summed E-state index contributed by atoms with van der Waals surface area (Å²) in [6, 6.07) is 11.9. The summed E-state index contributed by atoms with van der Waals surface area (Å²) in [5, 5.41) is 5.94. The van der Waals surface area contributed by atoms with Crippen LogP contribution in [0, 0.1) is 19.7 Å². The average Bonchev–Trinajstić information content (AvgIpc) is 3.71. The number of anilines is 3. The molecule has 0 spiro atoms. The van der Waals surface area contributed by atoms with Gasteiger partial charge in [0.25, 0.3) is 11.5 Å². The third kappa shape index (κ3) is 6.84. The first-order valence-electron chi connectivity index (χ1n) is 12.2. The second-order valence-corrected chi connectivity index (χ2v) is 9.25. The van der Waals surface area contributed by atoms with E-state index in [1.165, 1.54) is 22.8 Å². The molecule has 1 fully saturated rings. The number of pyridine rings is 1. The lowest BCUT2D eigenvalue weighted by Crippen LogP contribution is -2.31. The topological polar surface area (TPSA) is 96.4 Å². The number of aryl methyl sites for hydroxylation is 1.